The molecule has 0 N–H and O–H groups in total. The second kappa shape index (κ2) is 10.1. The molecule has 3 aromatic rings. The quantitative estimate of drug-likeness (QED) is 0.507. The lowest BCUT2D eigenvalue weighted by molar-refractivity contribution is 0.0391. The number of nitrogens with zero attached hydrogens (tertiary/aromatic N) is 3. The molecule has 4 rings (SSSR count). The standard InChI is InChI=1S/C23H25N3O5S/c1-29-18-7-8-19-20(15-18)32-23(24-19)26(10-9-25-11-13-31-14-12-25)21(27)16-3-5-17(6-4-16)22(28)30-2/h3-8,15H,9-14H2,1-2H3. The summed E-state index contributed by atoms with van der Waals surface area (Å²) in [4.78, 5) is 33.9. The molecule has 168 valence electrons. The van der Waals surface area contributed by atoms with Crippen molar-refractivity contribution in [3.05, 3.63) is 53.6 Å². The minimum atomic E-state index is -0.437. The zero-order valence-corrected chi connectivity index (χ0v) is 18.9. The molecule has 0 bridgehead atoms. The van der Waals surface area contributed by atoms with Crippen LogP contribution < -0.4 is 9.64 Å². The van der Waals surface area contributed by atoms with Crippen LogP contribution in [0.15, 0.2) is 42.5 Å². The van der Waals surface area contributed by atoms with Gasteiger partial charge in [0.15, 0.2) is 5.13 Å². The van der Waals surface area contributed by atoms with Crippen LogP contribution in [0.2, 0.25) is 0 Å². The number of rotatable bonds is 7. The van der Waals surface area contributed by atoms with Crippen LogP contribution in [0.1, 0.15) is 20.7 Å². The number of hydrogen-bond acceptors (Lipinski definition) is 8. The van der Waals surface area contributed by atoms with Crippen LogP contribution >= 0.6 is 11.3 Å². The lowest BCUT2D eigenvalue weighted by Crippen LogP contribution is -2.43. The molecule has 1 aliphatic heterocycles. The Hall–Kier alpha value is -3.01. The van der Waals surface area contributed by atoms with Crippen LogP contribution in [-0.2, 0) is 9.47 Å². The van der Waals surface area contributed by atoms with Gasteiger partial charge in [0.25, 0.3) is 5.91 Å². The zero-order chi connectivity index (χ0) is 22.5. The summed E-state index contributed by atoms with van der Waals surface area (Å²) in [6.07, 6.45) is 0. The molecule has 0 radical (unpaired) electrons. The first kappa shape index (κ1) is 22.2. The molecular formula is C23H25N3O5S. The number of carbonyl (C=O) groups is 2. The number of esters is 1. The minimum absolute atomic E-state index is 0.166. The predicted octanol–water partition coefficient (Wildman–Crippen LogP) is 3.07. The number of thiazole rings is 1. The van der Waals surface area contributed by atoms with Gasteiger partial charge >= 0.3 is 5.97 Å². The summed E-state index contributed by atoms with van der Waals surface area (Å²) < 4.78 is 16.4. The van der Waals surface area contributed by atoms with Crippen molar-refractivity contribution in [3.63, 3.8) is 0 Å². The second-order valence-corrected chi connectivity index (χ2v) is 8.32. The second-order valence-electron chi connectivity index (χ2n) is 7.31. The zero-order valence-electron chi connectivity index (χ0n) is 18.1. The van der Waals surface area contributed by atoms with Crippen molar-refractivity contribution >= 4 is 38.6 Å². The first-order valence-corrected chi connectivity index (χ1v) is 11.2. The molecule has 1 saturated heterocycles. The van der Waals surface area contributed by atoms with E-state index in [0.29, 0.717) is 42.6 Å². The molecular weight excluding hydrogens is 430 g/mol. The first-order valence-electron chi connectivity index (χ1n) is 10.3. The van der Waals surface area contributed by atoms with Crippen LogP contribution in [0.25, 0.3) is 10.2 Å². The van der Waals surface area contributed by atoms with E-state index in [2.05, 4.69) is 4.90 Å². The van der Waals surface area contributed by atoms with Crippen molar-refractivity contribution in [3.8, 4) is 5.75 Å². The number of benzene rings is 2. The van der Waals surface area contributed by atoms with Crippen molar-refractivity contribution in [2.24, 2.45) is 0 Å². The van der Waals surface area contributed by atoms with Crippen LogP contribution in [-0.4, -0.2) is 75.4 Å². The Labute approximate surface area is 190 Å². The molecule has 1 amide bonds. The largest absolute Gasteiger partial charge is 0.497 e. The molecule has 2 heterocycles. The Balaban J connectivity index is 1.62. The van der Waals surface area contributed by atoms with E-state index in [1.165, 1.54) is 18.4 Å². The van der Waals surface area contributed by atoms with Crippen molar-refractivity contribution < 1.29 is 23.8 Å². The number of amides is 1. The van der Waals surface area contributed by atoms with E-state index in [4.69, 9.17) is 19.2 Å². The van der Waals surface area contributed by atoms with Gasteiger partial charge in [-0.1, -0.05) is 11.3 Å². The summed E-state index contributed by atoms with van der Waals surface area (Å²) in [6.45, 7) is 4.29. The van der Waals surface area contributed by atoms with E-state index in [9.17, 15) is 9.59 Å². The third-order valence-corrected chi connectivity index (χ3v) is 6.40. The Morgan fingerprint density at radius 2 is 1.81 bits per heavy atom. The number of aromatic nitrogens is 1. The van der Waals surface area contributed by atoms with Gasteiger partial charge in [-0.25, -0.2) is 9.78 Å². The molecule has 1 aliphatic rings. The van der Waals surface area contributed by atoms with Gasteiger partial charge in [0.05, 0.1) is 43.2 Å². The maximum atomic E-state index is 13.5. The lowest BCUT2D eigenvalue weighted by atomic mass is 10.1. The molecule has 32 heavy (non-hydrogen) atoms. The number of carbonyl (C=O) groups excluding carboxylic acids is 2. The molecule has 9 heteroatoms. The van der Waals surface area contributed by atoms with Gasteiger partial charge < -0.3 is 14.2 Å². The molecule has 1 fully saturated rings. The molecule has 0 spiro atoms. The summed E-state index contributed by atoms with van der Waals surface area (Å²) >= 11 is 1.45. The van der Waals surface area contributed by atoms with Crippen LogP contribution in [0.4, 0.5) is 5.13 Å². The number of morpholine rings is 1. The van der Waals surface area contributed by atoms with E-state index in [-0.39, 0.29) is 5.91 Å². The van der Waals surface area contributed by atoms with Crippen LogP contribution in [0.5, 0.6) is 5.75 Å². The van der Waals surface area contributed by atoms with Gasteiger partial charge in [0.1, 0.15) is 5.75 Å². The average molecular weight is 456 g/mol. The van der Waals surface area contributed by atoms with Gasteiger partial charge in [-0.05, 0) is 42.5 Å². The number of hydrogen-bond donors (Lipinski definition) is 0. The monoisotopic (exact) mass is 455 g/mol. The third kappa shape index (κ3) is 4.90. The molecule has 8 nitrogen and oxygen atoms in total. The summed E-state index contributed by atoms with van der Waals surface area (Å²) in [5.41, 5.74) is 1.70. The highest BCUT2D eigenvalue weighted by Crippen LogP contribution is 2.32. The van der Waals surface area contributed by atoms with Gasteiger partial charge in [-0.15, -0.1) is 0 Å². The van der Waals surface area contributed by atoms with Crippen LogP contribution in [0.3, 0.4) is 0 Å². The van der Waals surface area contributed by atoms with Gasteiger partial charge in [0.2, 0.25) is 0 Å². The van der Waals surface area contributed by atoms with Crippen molar-refractivity contribution in [1.29, 1.82) is 0 Å². The third-order valence-electron chi connectivity index (χ3n) is 5.36. The highest BCUT2D eigenvalue weighted by Gasteiger charge is 2.23. The van der Waals surface area contributed by atoms with Crippen molar-refractivity contribution in [1.82, 2.24) is 9.88 Å². The summed E-state index contributed by atoms with van der Waals surface area (Å²) in [5.74, 6) is 0.145. The fourth-order valence-electron chi connectivity index (χ4n) is 3.51. The highest BCUT2D eigenvalue weighted by molar-refractivity contribution is 7.22. The number of fused-ring (bicyclic) bond motifs is 1. The summed E-state index contributed by atoms with van der Waals surface area (Å²) in [7, 11) is 2.95. The Bertz CT molecular complexity index is 1090. The van der Waals surface area contributed by atoms with Gasteiger partial charge in [-0.2, -0.15) is 0 Å². The SMILES string of the molecule is COC(=O)c1ccc(C(=O)N(CCN2CCOCC2)c2nc3ccc(OC)cc3s2)cc1. The Morgan fingerprint density at radius 3 is 2.50 bits per heavy atom. The molecule has 0 atom stereocenters. The normalized spacial score (nSPS) is 14.3. The molecule has 1 aromatic heterocycles. The number of ether oxygens (including phenoxy) is 3. The average Bonchev–Trinajstić information content (AvgIpc) is 3.27. The van der Waals surface area contributed by atoms with Gasteiger partial charge in [0, 0.05) is 31.7 Å². The van der Waals surface area contributed by atoms with E-state index < -0.39 is 5.97 Å². The minimum Gasteiger partial charge on any atom is -0.497 e. The molecule has 0 saturated carbocycles. The lowest BCUT2D eigenvalue weighted by Gasteiger charge is -2.29. The maximum absolute atomic E-state index is 13.5. The molecule has 2 aromatic carbocycles. The number of methoxy groups -OCH3 is 2. The van der Waals surface area contributed by atoms with Crippen molar-refractivity contribution in [2.75, 3.05) is 58.5 Å². The summed E-state index contributed by atoms with van der Waals surface area (Å²) in [5, 5.41) is 0.628. The summed E-state index contributed by atoms with van der Waals surface area (Å²) in [6, 6.07) is 12.2. The van der Waals surface area contributed by atoms with E-state index >= 15 is 0 Å². The fraction of sp³-hybridized carbons (Fsp3) is 0.348. The highest BCUT2D eigenvalue weighted by atomic mass is 32.1. The van der Waals surface area contributed by atoms with Gasteiger partial charge in [-0.3, -0.25) is 14.6 Å². The smallest absolute Gasteiger partial charge is 0.337 e. The van der Waals surface area contributed by atoms with E-state index in [1.807, 2.05) is 18.2 Å². The Kier molecular flexibility index (Phi) is 6.99. The van der Waals surface area contributed by atoms with Crippen LogP contribution in [0, 0.1) is 0 Å². The van der Waals surface area contributed by atoms with Crippen molar-refractivity contribution in [2.45, 2.75) is 0 Å². The maximum Gasteiger partial charge on any atom is 0.337 e. The van der Waals surface area contributed by atoms with E-state index in [0.717, 1.165) is 29.1 Å². The molecule has 0 aliphatic carbocycles. The fourth-order valence-corrected chi connectivity index (χ4v) is 4.53. The number of anilines is 1. The predicted molar refractivity (Wildman–Crippen MR) is 123 cm³/mol. The topological polar surface area (TPSA) is 81.2 Å². The Morgan fingerprint density at radius 1 is 1.09 bits per heavy atom. The first-order chi connectivity index (χ1) is 15.6. The van der Waals surface area contributed by atoms with E-state index in [1.54, 1.807) is 36.3 Å². The molecule has 0 unspecified atom stereocenters.